The van der Waals surface area contributed by atoms with Gasteiger partial charge >= 0.3 is 12.1 Å². The molecule has 0 radical (unpaired) electrons. The van der Waals surface area contributed by atoms with Crippen molar-refractivity contribution in [1.82, 2.24) is 24.0 Å². The van der Waals surface area contributed by atoms with Crippen molar-refractivity contribution in [3.8, 4) is 28.5 Å². The number of carbonyl (C=O) groups is 2. The summed E-state index contributed by atoms with van der Waals surface area (Å²) in [4.78, 5) is 34.7. The van der Waals surface area contributed by atoms with Crippen molar-refractivity contribution in [1.29, 1.82) is 0 Å². The number of nitrogens with zero attached hydrogens (tertiary/aromatic N) is 5. The lowest BCUT2D eigenvalue weighted by Gasteiger charge is -2.24. The molecule has 1 amide bonds. The van der Waals surface area contributed by atoms with E-state index in [0.29, 0.717) is 19.6 Å². The highest BCUT2D eigenvalue weighted by molar-refractivity contribution is 5.75. The van der Waals surface area contributed by atoms with Crippen LogP contribution in [0.15, 0.2) is 97.3 Å². The summed E-state index contributed by atoms with van der Waals surface area (Å²) in [6.07, 6.45) is 3.80. The number of likely N-dealkylation sites (tertiary alicyclic amines) is 1. The number of aromatic nitrogens is 4. The van der Waals surface area contributed by atoms with Crippen LogP contribution >= 0.6 is 0 Å². The molecule has 1 aliphatic heterocycles. The molecular formula is C39H45N5O5. The standard InChI is InChI=1S/C28H33N3O5.C11H12N2/c1-28(2,3)36-27(34)31-16-21(24(17-31)26(32)33)14-19-10-12-23(13-11-19)35-18-22-15-29-25(30(22)4)20-8-6-5-7-9-20;1-9-8-12-11(13(9)2)10-6-4-3-5-7-10/h5-13,15,21,24H,14,16-18H2,1-4H3,(H,32,33);3-8H,1-2H3/t21-,24+;/m1./s1. The average Bonchev–Trinajstić information content (AvgIpc) is 3.78. The molecule has 2 aromatic heterocycles. The van der Waals surface area contributed by atoms with Crippen molar-refractivity contribution in [3.63, 3.8) is 0 Å². The minimum atomic E-state index is -0.892. The minimum absolute atomic E-state index is 0.159. The molecule has 0 unspecified atom stereocenters. The second-order valence-electron chi connectivity index (χ2n) is 13.4. The number of ether oxygens (including phenoxy) is 2. The Labute approximate surface area is 288 Å². The largest absolute Gasteiger partial charge is 0.487 e. The molecule has 3 heterocycles. The highest BCUT2D eigenvalue weighted by atomic mass is 16.6. The van der Waals surface area contributed by atoms with Gasteiger partial charge in [0.15, 0.2) is 0 Å². The maximum atomic E-state index is 12.5. The van der Waals surface area contributed by atoms with E-state index in [1.54, 1.807) is 20.8 Å². The van der Waals surface area contributed by atoms with Crippen LogP contribution in [0.5, 0.6) is 5.75 Å². The van der Waals surface area contributed by atoms with Gasteiger partial charge in [0.2, 0.25) is 0 Å². The summed E-state index contributed by atoms with van der Waals surface area (Å²) in [5, 5.41) is 9.71. The maximum Gasteiger partial charge on any atom is 0.410 e. The Morgan fingerprint density at radius 2 is 1.39 bits per heavy atom. The topological polar surface area (TPSA) is 112 Å². The van der Waals surface area contributed by atoms with E-state index >= 15 is 0 Å². The smallest absolute Gasteiger partial charge is 0.410 e. The van der Waals surface area contributed by atoms with Crippen LogP contribution < -0.4 is 4.74 Å². The molecule has 0 saturated carbocycles. The molecule has 10 heteroatoms. The molecule has 1 aliphatic rings. The van der Waals surface area contributed by atoms with Crippen molar-refractivity contribution >= 4 is 12.1 Å². The Morgan fingerprint density at radius 3 is 1.92 bits per heavy atom. The van der Waals surface area contributed by atoms with E-state index in [1.165, 1.54) is 10.6 Å². The summed E-state index contributed by atoms with van der Waals surface area (Å²) in [7, 11) is 4.00. The maximum absolute atomic E-state index is 12.5. The predicted octanol–water partition coefficient (Wildman–Crippen LogP) is 7.17. The molecule has 0 spiro atoms. The number of aliphatic carboxylic acids is 1. The Bertz CT molecular complexity index is 1840. The van der Waals surface area contributed by atoms with Gasteiger partial charge in [-0.1, -0.05) is 72.8 Å². The van der Waals surface area contributed by atoms with Crippen LogP contribution in [-0.2, 0) is 36.7 Å². The fraction of sp³-hybridized carbons (Fsp3) is 0.333. The van der Waals surface area contributed by atoms with Crippen molar-refractivity contribution < 1.29 is 24.2 Å². The zero-order chi connectivity index (χ0) is 35.1. The Morgan fingerprint density at radius 1 is 0.816 bits per heavy atom. The van der Waals surface area contributed by atoms with Gasteiger partial charge in [0.1, 0.15) is 29.6 Å². The number of carboxylic acid groups (broad SMARTS) is 1. The molecule has 0 bridgehead atoms. The van der Waals surface area contributed by atoms with Crippen molar-refractivity contribution in [2.24, 2.45) is 25.9 Å². The van der Waals surface area contributed by atoms with Gasteiger partial charge in [0.25, 0.3) is 0 Å². The number of amides is 1. The van der Waals surface area contributed by atoms with Gasteiger partial charge in [-0.15, -0.1) is 0 Å². The Balaban J connectivity index is 0.000000299. The number of rotatable bonds is 8. The number of benzene rings is 3. The molecule has 1 saturated heterocycles. The van der Waals surface area contributed by atoms with Gasteiger partial charge in [0, 0.05) is 50.2 Å². The van der Waals surface area contributed by atoms with Gasteiger partial charge in [-0.05, 0) is 57.7 Å². The number of hydrogen-bond donors (Lipinski definition) is 1. The fourth-order valence-electron chi connectivity index (χ4n) is 5.80. The normalized spacial score (nSPS) is 15.8. The van der Waals surface area contributed by atoms with Crippen LogP contribution in [0.25, 0.3) is 22.8 Å². The van der Waals surface area contributed by atoms with Crippen molar-refractivity contribution in [2.75, 3.05) is 13.1 Å². The fourth-order valence-corrected chi connectivity index (χ4v) is 5.80. The van der Waals surface area contributed by atoms with Gasteiger partial charge in [-0.2, -0.15) is 0 Å². The summed E-state index contributed by atoms with van der Waals surface area (Å²) in [5.41, 5.74) is 4.72. The third-order valence-electron chi connectivity index (χ3n) is 8.59. The molecule has 256 valence electrons. The molecule has 3 aromatic carbocycles. The number of carboxylic acids is 1. The zero-order valence-corrected chi connectivity index (χ0v) is 29.0. The van der Waals surface area contributed by atoms with Crippen LogP contribution in [0.1, 0.15) is 37.7 Å². The lowest BCUT2D eigenvalue weighted by Crippen LogP contribution is -2.36. The minimum Gasteiger partial charge on any atom is -0.487 e. The summed E-state index contributed by atoms with van der Waals surface area (Å²) in [6, 6.07) is 27.9. The SMILES string of the molecule is Cc1cnc(-c2ccccc2)n1C.Cn1c(COc2ccc(C[C@@H]3CN(C(=O)OC(C)(C)C)C[C@@H]3C(=O)O)cc2)cnc1-c1ccccc1. The van der Waals surface area contributed by atoms with Crippen LogP contribution in [-0.4, -0.2) is 59.9 Å². The molecule has 49 heavy (non-hydrogen) atoms. The first kappa shape index (κ1) is 34.9. The number of carbonyl (C=O) groups excluding carboxylic acids is 1. The quantitative estimate of drug-likeness (QED) is 0.187. The van der Waals surface area contributed by atoms with Gasteiger partial charge in [-0.3, -0.25) is 4.79 Å². The molecule has 10 nitrogen and oxygen atoms in total. The molecule has 1 fully saturated rings. The van der Waals surface area contributed by atoms with Crippen LogP contribution in [0.2, 0.25) is 0 Å². The summed E-state index contributed by atoms with van der Waals surface area (Å²) in [5.74, 6) is 0.923. The van der Waals surface area contributed by atoms with E-state index in [0.717, 1.165) is 39.8 Å². The number of aryl methyl sites for hydroxylation is 1. The Kier molecular flexibility index (Phi) is 10.9. The van der Waals surface area contributed by atoms with E-state index in [4.69, 9.17) is 9.47 Å². The van der Waals surface area contributed by atoms with Gasteiger partial charge < -0.3 is 28.6 Å². The number of hydrogen-bond acceptors (Lipinski definition) is 6. The van der Waals surface area contributed by atoms with Crippen molar-refractivity contribution in [2.45, 2.75) is 46.3 Å². The zero-order valence-electron chi connectivity index (χ0n) is 29.0. The monoisotopic (exact) mass is 663 g/mol. The summed E-state index contributed by atoms with van der Waals surface area (Å²) < 4.78 is 15.5. The number of imidazole rings is 2. The average molecular weight is 664 g/mol. The van der Waals surface area contributed by atoms with E-state index in [1.807, 2.05) is 104 Å². The van der Waals surface area contributed by atoms with E-state index in [-0.39, 0.29) is 12.5 Å². The molecule has 6 rings (SSSR count). The Hall–Kier alpha value is -5.38. The first-order chi connectivity index (χ1) is 23.4. The second kappa shape index (κ2) is 15.2. The third-order valence-corrected chi connectivity index (χ3v) is 8.59. The molecule has 2 atom stereocenters. The highest BCUT2D eigenvalue weighted by Gasteiger charge is 2.41. The van der Waals surface area contributed by atoms with Gasteiger partial charge in [0.05, 0.1) is 17.8 Å². The van der Waals surface area contributed by atoms with E-state index < -0.39 is 23.6 Å². The van der Waals surface area contributed by atoms with Gasteiger partial charge in [-0.25, -0.2) is 14.8 Å². The summed E-state index contributed by atoms with van der Waals surface area (Å²) >= 11 is 0. The third kappa shape index (κ3) is 8.95. The van der Waals surface area contributed by atoms with Crippen LogP contribution in [0.4, 0.5) is 4.79 Å². The second-order valence-corrected chi connectivity index (χ2v) is 13.4. The first-order valence-electron chi connectivity index (χ1n) is 16.4. The van der Waals surface area contributed by atoms with Crippen LogP contribution in [0.3, 0.4) is 0 Å². The van der Waals surface area contributed by atoms with E-state index in [2.05, 4.69) is 33.6 Å². The van der Waals surface area contributed by atoms with Crippen molar-refractivity contribution in [3.05, 3.63) is 114 Å². The predicted molar refractivity (Wildman–Crippen MR) is 189 cm³/mol. The van der Waals surface area contributed by atoms with E-state index in [9.17, 15) is 14.7 Å². The summed E-state index contributed by atoms with van der Waals surface area (Å²) in [6.45, 7) is 8.34. The molecule has 1 N–H and O–H groups in total. The molecule has 0 aliphatic carbocycles. The lowest BCUT2D eigenvalue weighted by molar-refractivity contribution is -0.142. The lowest BCUT2D eigenvalue weighted by atomic mass is 9.90. The molecule has 5 aromatic rings. The highest BCUT2D eigenvalue weighted by Crippen LogP contribution is 2.29. The molecular weight excluding hydrogens is 618 g/mol. The van der Waals surface area contributed by atoms with Crippen LogP contribution in [0, 0.1) is 18.8 Å². The first-order valence-corrected chi connectivity index (χ1v) is 16.4.